The van der Waals surface area contributed by atoms with Gasteiger partial charge in [0.1, 0.15) is 0 Å². The molecular formula is C8H10F6. The first-order valence-electron chi connectivity index (χ1n) is 4.17. The molecule has 0 N–H and O–H groups in total. The van der Waals surface area contributed by atoms with Crippen LogP contribution in [0.4, 0.5) is 26.3 Å². The van der Waals surface area contributed by atoms with Crippen LogP contribution in [0.25, 0.3) is 0 Å². The Hall–Kier alpha value is -0.420. The Morgan fingerprint density at radius 3 is 1.43 bits per heavy atom. The summed E-state index contributed by atoms with van der Waals surface area (Å²) in [7, 11) is 0. The zero-order valence-corrected chi connectivity index (χ0v) is 7.63. The summed E-state index contributed by atoms with van der Waals surface area (Å²) < 4.78 is 73.7. The number of hydrogen-bond donors (Lipinski definition) is 0. The van der Waals surface area contributed by atoms with E-state index >= 15 is 0 Å². The molecule has 6 heteroatoms. The molecule has 0 aromatic rings. The van der Waals surface area contributed by atoms with Crippen molar-refractivity contribution < 1.29 is 26.3 Å². The first-order valence-corrected chi connectivity index (χ1v) is 4.17. The highest BCUT2D eigenvalue weighted by Crippen LogP contribution is 2.72. The molecule has 0 heterocycles. The van der Waals surface area contributed by atoms with Crippen LogP contribution in [-0.2, 0) is 0 Å². The van der Waals surface area contributed by atoms with E-state index in [1.54, 1.807) is 0 Å². The molecular weight excluding hydrogens is 210 g/mol. The summed E-state index contributed by atoms with van der Waals surface area (Å²) in [6, 6.07) is 0. The van der Waals surface area contributed by atoms with Crippen molar-refractivity contribution in [1.29, 1.82) is 0 Å². The van der Waals surface area contributed by atoms with Crippen LogP contribution in [0.2, 0.25) is 0 Å². The maximum absolute atomic E-state index is 12.3. The zero-order valence-electron chi connectivity index (χ0n) is 7.63. The van der Waals surface area contributed by atoms with Crippen molar-refractivity contribution in [2.75, 3.05) is 0 Å². The minimum atomic E-state index is -5.18. The Kier molecular flexibility index (Phi) is 2.32. The molecule has 0 saturated heterocycles. The van der Waals surface area contributed by atoms with Gasteiger partial charge in [0.2, 0.25) is 0 Å². The predicted molar refractivity (Wildman–Crippen MR) is 37.5 cm³/mol. The van der Waals surface area contributed by atoms with Crippen molar-refractivity contribution in [2.45, 2.75) is 32.6 Å². The molecule has 1 aliphatic carbocycles. The van der Waals surface area contributed by atoms with Gasteiger partial charge in [0.25, 0.3) is 0 Å². The Labute approximate surface area is 77.3 Å². The van der Waals surface area contributed by atoms with Crippen LogP contribution < -0.4 is 0 Å². The molecule has 1 fully saturated rings. The van der Waals surface area contributed by atoms with Gasteiger partial charge in [-0.05, 0) is 18.3 Å². The van der Waals surface area contributed by atoms with E-state index in [0.717, 1.165) is 0 Å². The van der Waals surface area contributed by atoms with Gasteiger partial charge in [0.15, 0.2) is 5.41 Å². The van der Waals surface area contributed by atoms with Gasteiger partial charge in [-0.2, -0.15) is 26.3 Å². The van der Waals surface area contributed by atoms with E-state index in [-0.39, 0.29) is 0 Å². The number of rotatable bonds is 1. The molecule has 0 aliphatic heterocycles. The smallest absolute Gasteiger partial charge is 0.170 e. The van der Waals surface area contributed by atoms with Gasteiger partial charge in [0.05, 0.1) is 0 Å². The van der Waals surface area contributed by atoms with E-state index in [0.29, 0.717) is 0 Å². The van der Waals surface area contributed by atoms with Gasteiger partial charge >= 0.3 is 12.4 Å². The highest BCUT2D eigenvalue weighted by atomic mass is 19.4. The summed E-state index contributed by atoms with van der Waals surface area (Å²) in [6.07, 6.45) is -11.2. The van der Waals surface area contributed by atoms with Gasteiger partial charge in [-0.1, -0.05) is 13.8 Å². The molecule has 1 saturated carbocycles. The minimum absolute atomic E-state index is 0.599. The van der Waals surface area contributed by atoms with Crippen molar-refractivity contribution in [2.24, 2.45) is 17.3 Å². The quantitative estimate of drug-likeness (QED) is 0.590. The van der Waals surface area contributed by atoms with Crippen LogP contribution in [-0.4, -0.2) is 12.4 Å². The van der Waals surface area contributed by atoms with Gasteiger partial charge < -0.3 is 0 Å². The van der Waals surface area contributed by atoms with E-state index < -0.39 is 36.0 Å². The van der Waals surface area contributed by atoms with Crippen molar-refractivity contribution in [1.82, 2.24) is 0 Å². The maximum atomic E-state index is 12.3. The summed E-state index contributed by atoms with van der Waals surface area (Å²) in [5, 5.41) is 0. The molecule has 0 spiro atoms. The van der Waals surface area contributed by atoms with Crippen LogP contribution in [0.3, 0.4) is 0 Å². The molecule has 14 heavy (non-hydrogen) atoms. The lowest BCUT2D eigenvalue weighted by atomic mass is 9.96. The average Bonchev–Trinajstić information content (AvgIpc) is 2.54. The summed E-state index contributed by atoms with van der Waals surface area (Å²) in [4.78, 5) is 0. The molecule has 0 bridgehead atoms. The molecule has 1 atom stereocenters. The van der Waals surface area contributed by atoms with E-state index in [4.69, 9.17) is 0 Å². The molecule has 0 aromatic carbocycles. The molecule has 0 nitrogen and oxygen atoms in total. The standard InChI is InChI=1S/C8H10F6/c1-4(2)5-3-6(5,7(9,10)11)8(12,13)14/h4-5H,3H2,1-2H3. The average molecular weight is 220 g/mol. The minimum Gasteiger partial charge on any atom is -0.170 e. The van der Waals surface area contributed by atoms with E-state index in [1.165, 1.54) is 13.8 Å². The molecule has 0 aromatic heterocycles. The Balaban J connectivity index is 3.00. The monoisotopic (exact) mass is 220 g/mol. The Morgan fingerprint density at radius 1 is 1.00 bits per heavy atom. The second-order valence-corrected chi connectivity index (χ2v) is 4.02. The SMILES string of the molecule is CC(C)C1CC1(C(F)(F)F)C(F)(F)F. The predicted octanol–water partition coefficient (Wildman–Crippen LogP) is 3.77. The molecule has 0 radical (unpaired) electrons. The molecule has 1 rings (SSSR count). The number of halogens is 6. The van der Waals surface area contributed by atoms with Gasteiger partial charge in [-0.15, -0.1) is 0 Å². The van der Waals surface area contributed by atoms with E-state index in [2.05, 4.69) is 0 Å². The lowest BCUT2D eigenvalue weighted by molar-refractivity contribution is -0.307. The number of hydrogen-bond acceptors (Lipinski definition) is 0. The van der Waals surface area contributed by atoms with Gasteiger partial charge in [-0.25, -0.2) is 0 Å². The van der Waals surface area contributed by atoms with E-state index in [1.807, 2.05) is 0 Å². The first kappa shape index (κ1) is 11.7. The lowest BCUT2D eigenvalue weighted by Crippen LogP contribution is -2.41. The summed E-state index contributed by atoms with van der Waals surface area (Å²) in [5.74, 6) is -1.92. The van der Waals surface area contributed by atoms with Crippen molar-refractivity contribution in [3.63, 3.8) is 0 Å². The largest absolute Gasteiger partial charge is 0.403 e. The van der Waals surface area contributed by atoms with E-state index in [9.17, 15) is 26.3 Å². The fraction of sp³-hybridized carbons (Fsp3) is 1.00. The Bertz CT molecular complexity index is 209. The van der Waals surface area contributed by atoms with Crippen LogP contribution in [0.5, 0.6) is 0 Å². The lowest BCUT2D eigenvalue weighted by Gasteiger charge is -2.24. The van der Waals surface area contributed by atoms with Crippen molar-refractivity contribution >= 4 is 0 Å². The molecule has 1 unspecified atom stereocenters. The van der Waals surface area contributed by atoms with Gasteiger partial charge in [-0.3, -0.25) is 0 Å². The second-order valence-electron chi connectivity index (χ2n) is 4.02. The topological polar surface area (TPSA) is 0 Å². The van der Waals surface area contributed by atoms with Crippen LogP contribution in [0, 0.1) is 17.3 Å². The highest BCUT2D eigenvalue weighted by molar-refractivity contribution is 5.12. The van der Waals surface area contributed by atoms with Crippen molar-refractivity contribution in [3.05, 3.63) is 0 Å². The third-order valence-corrected chi connectivity index (χ3v) is 2.83. The normalized spacial score (nSPS) is 26.8. The Morgan fingerprint density at radius 2 is 1.36 bits per heavy atom. The summed E-state index contributed by atoms with van der Waals surface area (Å²) >= 11 is 0. The van der Waals surface area contributed by atoms with Crippen LogP contribution >= 0.6 is 0 Å². The zero-order chi connectivity index (χ0) is 11.4. The maximum Gasteiger partial charge on any atom is 0.403 e. The summed E-state index contributed by atoms with van der Waals surface area (Å²) in [5.41, 5.74) is -3.44. The third kappa shape index (κ3) is 1.39. The molecule has 1 aliphatic rings. The molecule has 84 valence electrons. The highest BCUT2D eigenvalue weighted by Gasteiger charge is 2.83. The second kappa shape index (κ2) is 2.79. The summed E-state index contributed by atoms with van der Waals surface area (Å²) in [6.45, 7) is 2.76. The fourth-order valence-corrected chi connectivity index (χ4v) is 1.91. The fourth-order valence-electron chi connectivity index (χ4n) is 1.91. The van der Waals surface area contributed by atoms with Gasteiger partial charge in [0, 0.05) is 0 Å². The molecule has 0 amide bonds. The van der Waals surface area contributed by atoms with Crippen molar-refractivity contribution in [3.8, 4) is 0 Å². The first-order chi connectivity index (χ1) is 6.04. The third-order valence-electron chi connectivity index (χ3n) is 2.83. The van der Waals surface area contributed by atoms with Crippen LogP contribution in [0.1, 0.15) is 20.3 Å². The number of alkyl halides is 6. The van der Waals surface area contributed by atoms with Crippen LogP contribution in [0.15, 0.2) is 0 Å².